The van der Waals surface area contributed by atoms with E-state index in [1.807, 2.05) is 0 Å². The van der Waals surface area contributed by atoms with Gasteiger partial charge in [0.1, 0.15) is 5.69 Å². The first-order chi connectivity index (χ1) is 9.88. The summed E-state index contributed by atoms with van der Waals surface area (Å²) in [7, 11) is 0. The van der Waals surface area contributed by atoms with Gasteiger partial charge < -0.3 is 0 Å². The molecule has 0 saturated carbocycles. The van der Waals surface area contributed by atoms with E-state index in [-0.39, 0.29) is 11.4 Å². The Morgan fingerprint density at radius 2 is 2.05 bits per heavy atom. The standard InChI is InChI=1S/C12H10F3N5O/c1-7-10(17-11(21)20-18-7)19-16-6-8-4-2-3-5-9(8)12(13,14)15/h2-6H,1H3,(H2,17,19,20,21)/b16-6-. The van der Waals surface area contributed by atoms with Crippen LogP contribution in [0, 0.1) is 6.92 Å². The van der Waals surface area contributed by atoms with Gasteiger partial charge in [-0.2, -0.15) is 28.4 Å². The Morgan fingerprint density at radius 1 is 1.33 bits per heavy atom. The van der Waals surface area contributed by atoms with Crippen molar-refractivity contribution in [3.8, 4) is 0 Å². The van der Waals surface area contributed by atoms with Crippen molar-refractivity contribution in [2.24, 2.45) is 5.10 Å². The molecule has 0 saturated heterocycles. The summed E-state index contributed by atoms with van der Waals surface area (Å²) in [4.78, 5) is 14.5. The van der Waals surface area contributed by atoms with Crippen LogP contribution in [0.25, 0.3) is 0 Å². The highest BCUT2D eigenvalue weighted by Crippen LogP contribution is 2.31. The summed E-state index contributed by atoms with van der Waals surface area (Å²) in [5, 5.41) is 9.42. The van der Waals surface area contributed by atoms with Crippen molar-refractivity contribution in [1.82, 2.24) is 15.2 Å². The van der Waals surface area contributed by atoms with Crippen molar-refractivity contribution in [2.75, 3.05) is 5.43 Å². The highest BCUT2D eigenvalue weighted by Gasteiger charge is 2.32. The molecule has 0 bridgehead atoms. The van der Waals surface area contributed by atoms with Crippen LogP contribution in [-0.2, 0) is 6.18 Å². The van der Waals surface area contributed by atoms with Gasteiger partial charge >= 0.3 is 11.9 Å². The minimum absolute atomic E-state index is 0.0690. The van der Waals surface area contributed by atoms with Crippen molar-refractivity contribution >= 4 is 12.0 Å². The maximum Gasteiger partial charge on any atom is 0.417 e. The van der Waals surface area contributed by atoms with Crippen molar-refractivity contribution in [1.29, 1.82) is 0 Å². The fourth-order valence-corrected chi connectivity index (χ4v) is 1.53. The molecule has 21 heavy (non-hydrogen) atoms. The molecule has 1 aromatic carbocycles. The molecule has 2 aromatic rings. The SMILES string of the molecule is Cc1n[nH]c(=O)nc1N/N=C\c1ccccc1C(F)(F)F. The number of benzene rings is 1. The number of nitrogens with zero attached hydrogens (tertiary/aromatic N) is 3. The summed E-state index contributed by atoms with van der Waals surface area (Å²) < 4.78 is 38.3. The first-order valence-corrected chi connectivity index (χ1v) is 5.76. The molecular formula is C12H10F3N5O. The third kappa shape index (κ3) is 3.65. The van der Waals surface area contributed by atoms with E-state index in [2.05, 4.69) is 25.7 Å². The number of halogens is 3. The Kier molecular flexibility index (Phi) is 4.01. The van der Waals surface area contributed by atoms with Crippen molar-refractivity contribution in [3.63, 3.8) is 0 Å². The van der Waals surface area contributed by atoms with Gasteiger partial charge in [-0.05, 0) is 13.0 Å². The molecule has 0 atom stereocenters. The van der Waals surface area contributed by atoms with E-state index in [9.17, 15) is 18.0 Å². The number of anilines is 1. The van der Waals surface area contributed by atoms with Crippen LogP contribution < -0.4 is 11.1 Å². The molecule has 2 rings (SSSR count). The smallest absolute Gasteiger partial charge is 0.260 e. The second-order valence-electron chi connectivity index (χ2n) is 4.03. The minimum atomic E-state index is -4.47. The van der Waals surface area contributed by atoms with Gasteiger partial charge in [-0.1, -0.05) is 18.2 Å². The lowest BCUT2D eigenvalue weighted by Crippen LogP contribution is -2.15. The number of aryl methyl sites for hydroxylation is 1. The molecule has 0 unspecified atom stereocenters. The van der Waals surface area contributed by atoms with Crippen LogP contribution in [0.15, 0.2) is 34.2 Å². The molecule has 110 valence electrons. The summed E-state index contributed by atoms with van der Waals surface area (Å²) in [6.07, 6.45) is -3.46. The lowest BCUT2D eigenvalue weighted by atomic mass is 10.1. The Labute approximate surface area is 116 Å². The quantitative estimate of drug-likeness (QED) is 0.670. The summed E-state index contributed by atoms with van der Waals surface area (Å²) in [5.41, 5.74) is 1.16. The third-order valence-corrected chi connectivity index (χ3v) is 2.52. The molecule has 2 N–H and O–H groups in total. The molecule has 9 heteroatoms. The fraction of sp³-hybridized carbons (Fsp3) is 0.167. The Morgan fingerprint density at radius 3 is 2.76 bits per heavy atom. The van der Waals surface area contributed by atoms with Gasteiger partial charge in [0.05, 0.1) is 11.8 Å². The van der Waals surface area contributed by atoms with Crippen LogP contribution >= 0.6 is 0 Å². The topological polar surface area (TPSA) is 83.0 Å². The largest absolute Gasteiger partial charge is 0.417 e. The van der Waals surface area contributed by atoms with E-state index in [0.717, 1.165) is 12.3 Å². The number of H-pyrrole nitrogens is 1. The summed E-state index contributed by atoms with van der Waals surface area (Å²) in [6, 6.07) is 5.00. The zero-order chi connectivity index (χ0) is 15.5. The second-order valence-corrected chi connectivity index (χ2v) is 4.03. The molecule has 1 heterocycles. The molecule has 1 aromatic heterocycles. The van der Waals surface area contributed by atoms with Crippen LogP contribution in [0.3, 0.4) is 0 Å². The van der Waals surface area contributed by atoms with Crippen LogP contribution in [0.5, 0.6) is 0 Å². The second kappa shape index (κ2) is 5.73. The Balaban J connectivity index is 2.23. The first kappa shape index (κ1) is 14.7. The van der Waals surface area contributed by atoms with E-state index in [1.54, 1.807) is 6.92 Å². The van der Waals surface area contributed by atoms with Crippen LogP contribution in [0.4, 0.5) is 19.0 Å². The van der Waals surface area contributed by atoms with E-state index in [1.165, 1.54) is 18.2 Å². The molecule has 0 amide bonds. The Bertz CT molecular complexity index is 723. The van der Waals surface area contributed by atoms with E-state index >= 15 is 0 Å². The molecule has 0 spiro atoms. The minimum Gasteiger partial charge on any atom is -0.260 e. The molecule has 0 aliphatic rings. The number of aromatic nitrogens is 3. The predicted molar refractivity (Wildman–Crippen MR) is 70.1 cm³/mol. The number of hydrazone groups is 1. The molecule has 0 radical (unpaired) electrons. The molecule has 0 aliphatic carbocycles. The maximum absolute atomic E-state index is 12.8. The van der Waals surface area contributed by atoms with Gasteiger partial charge in [-0.3, -0.25) is 5.43 Å². The molecule has 0 aliphatic heterocycles. The number of aromatic amines is 1. The maximum atomic E-state index is 12.8. The average molecular weight is 297 g/mol. The van der Waals surface area contributed by atoms with Crippen molar-refractivity contribution in [3.05, 3.63) is 51.6 Å². The molecular weight excluding hydrogens is 287 g/mol. The van der Waals surface area contributed by atoms with Crippen LogP contribution in [0.1, 0.15) is 16.8 Å². The fourth-order valence-electron chi connectivity index (χ4n) is 1.53. The zero-order valence-electron chi connectivity index (χ0n) is 10.8. The first-order valence-electron chi connectivity index (χ1n) is 5.76. The van der Waals surface area contributed by atoms with Gasteiger partial charge in [0.2, 0.25) is 0 Å². The van der Waals surface area contributed by atoms with Crippen LogP contribution in [0.2, 0.25) is 0 Å². The van der Waals surface area contributed by atoms with Crippen molar-refractivity contribution in [2.45, 2.75) is 13.1 Å². The summed E-state index contributed by atoms with van der Waals surface area (Å²) >= 11 is 0. The molecule has 6 nitrogen and oxygen atoms in total. The van der Waals surface area contributed by atoms with E-state index in [0.29, 0.717) is 5.69 Å². The highest BCUT2D eigenvalue weighted by atomic mass is 19.4. The van der Waals surface area contributed by atoms with E-state index in [4.69, 9.17) is 0 Å². The third-order valence-electron chi connectivity index (χ3n) is 2.52. The van der Waals surface area contributed by atoms with Gasteiger partial charge in [-0.25, -0.2) is 9.89 Å². The lowest BCUT2D eigenvalue weighted by Gasteiger charge is -2.09. The lowest BCUT2D eigenvalue weighted by molar-refractivity contribution is -0.137. The van der Waals surface area contributed by atoms with Gasteiger partial charge in [0, 0.05) is 5.56 Å². The highest BCUT2D eigenvalue weighted by molar-refractivity contribution is 5.82. The van der Waals surface area contributed by atoms with Gasteiger partial charge in [-0.15, -0.1) is 0 Å². The monoisotopic (exact) mass is 297 g/mol. The van der Waals surface area contributed by atoms with Gasteiger partial charge in [0.25, 0.3) is 0 Å². The molecule has 0 fully saturated rings. The normalized spacial score (nSPS) is 11.8. The van der Waals surface area contributed by atoms with Crippen molar-refractivity contribution < 1.29 is 13.2 Å². The number of rotatable bonds is 3. The number of hydrogen-bond acceptors (Lipinski definition) is 5. The number of alkyl halides is 3. The number of hydrogen-bond donors (Lipinski definition) is 2. The van der Waals surface area contributed by atoms with E-state index < -0.39 is 17.4 Å². The average Bonchev–Trinajstić information content (AvgIpc) is 2.42. The number of nitrogens with one attached hydrogen (secondary N) is 2. The predicted octanol–water partition coefficient (Wildman–Crippen LogP) is 1.94. The summed E-state index contributed by atoms with van der Waals surface area (Å²) in [5.74, 6) is 0.0690. The Hall–Kier alpha value is -2.71. The zero-order valence-corrected chi connectivity index (χ0v) is 10.8. The van der Waals surface area contributed by atoms with Crippen LogP contribution in [-0.4, -0.2) is 21.4 Å². The van der Waals surface area contributed by atoms with Gasteiger partial charge in [0.15, 0.2) is 5.82 Å². The summed E-state index contributed by atoms with van der Waals surface area (Å²) in [6.45, 7) is 1.56.